The minimum Gasteiger partial charge on any atom is -0.346 e. The zero-order valence-corrected chi connectivity index (χ0v) is 15.9. The quantitative estimate of drug-likeness (QED) is 0.526. The number of hydrogen-bond acceptors (Lipinski definition) is 4. The van der Waals surface area contributed by atoms with E-state index in [1.807, 2.05) is 0 Å². The minimum atomic E-state index is -0.186. The van der Waals surface area contributed by atoms with Gasteiger partial charge in [0.2, 0.25) is 5.89 Å². The zero-order valence-electron chi connectivity index (χ0n) is 15.9. The lowest BCUT2D eigenvalue weighted by Gasteiger charge is -2.21. The van der Waals surface area contributed by atoms with Gasteiger partial charge in [0.25, 0.3) is 11.7 Å². The van der Waals surface area contributed by atoms with Crippen molar-refractivity contribution in [1.29, 1.82) is 0 Å². The lowest BCUT2D eigenvalue weighted by molar-refractivity contribution is 0.0914. The van der Waals surface area contributed by atoms with E-state index < -0.39 is 0 Å². The number of amides is 1. The molecule has 0 spiro atoms. The Morgan fingerprint density at radius 3 is 2.32 bits per heavy atom. The fourth-order valence-electron chi connectivity index (χ4n) is 3.53. The average molecular weight is 350 g/mol. The third-order valence-corrected chi connectivity index (χ3v) is 5.11. The van der Waals surface area contributed by atoms with Gasteiger partial charge in [-0.3, -0.25) is 4.79 Å². The summed E-state index contributed by atoms with van der Waals surface area (Å²) in [5, 5.41) is 6.87. The average Bonchev–Trinajstić information content (AvgIpc) is 3.10. The summed E-state index contributed by atoms with van der Waals surface area (Å²) in [6, 6.07) is 0.278. The molecule has 2 rings (SSSR count). The number of rotatable bonds is 12. The second-order valence-electron chi connectivity index (χ2n) is 7.40. The Bertz CT molecular complexity index is 481. The number of hydrogen-bond donors (Lipinski definition) is 1. The number of nitrogens with one attached hydrogen (secondary N) is 1. The molecule has 0 radical (unpaired) electrons. The van der Waals surface area contributed by atoms with Crippen LogP contribution < -0.4 is 5.32 Å². The van der Waals surface area contributed by atoms with Gasteiger partial charge in [0, 0.05) is 12.5 Å². The number of aryl methyl sites for hydroxylation is 1. The first kappa shape index (κ1) is 19.9. The minimum absolute atomic E-state index is 0.186. The van der Waals surface area contributed by atoms with Crippen molar-refractivity contribution < 1.29 is 9.32 Å². The van der Waals surface area contributed by atoms with Crippen LogP contribution in [0.5, 0.6) is 0 Å². The van der Waals surface area contributed by atoms with Crippen LogP contribution in [0.15, 0.2) is 4.52 Å². The summed E-state index contributed by atoms with van der Waals surface area (Å²) in [6.07, 6.45) is 18.2. The number of aromatic nitrogens is 2. The van der Waals surface area contributed by atoms with E-state index in [9.17, 15) is 4.79 Å². The molecule has 0 bridgehead atoms. The molecule has 5 nitrogen and oxygen atoms in total. The molecular weight excluding hydrogens is 314 g/mol. The largest absolute Gasteiger partial charge is 0.346 e. The third-order valence-electron chi connectivity index (χ3n) is 5.11. The van der Waals surface area contributed by atoms with E-state index in [4.69, 9.17) is 4.52 Å². The summed E-state index contributed by atoms with van der Waals surface area (Å²) in [4.78, 5) is 16.4. The molecule has 0 aromatic carbocycles. The van der Waals surface area contributed by atoms with Gasteiger partial charge in [0.05, 0.1) is 0 Å². The molecule has 0 saturated heterocycles. The molecule has 0 atom stereocenters. The molecule has 5 heteroatoms. The highest BCUT2D eigenvalue weighted by atomic mass is 16.5. The van der Waals surface area contributed by atoms with Gasteiger partial charge in [0.1, 0.15) is 0 Å². The van der Waals surface area contributed by atoms with Crippen molar-refractivity contribution in [1.82, 2.24) is 15.5 Å². The molecule has 0 unspecified atom stereocenters. The van der Waals surface area contributed by atoms with E-state index >= 15 is 0 Å². The Morgan fingerprint density at radius 1 is 1.00 bits per heavy atom. The van der Waals surface area contributed by atoms with Crippen LogP contribution in [0.1, 0.15) is 113 Å². The summed E-state index contributed by atoms with van der Waals surface area (Å²) in [6.45, 7) is 2.25. The monoisotopic (exact) mass is 349 g/mol. The van der Waals surface area contributed by atoms with Crippen LogP contribution in [-0.2, 0) is 6.42 Å². The highest BCUT2D eigenvalue weighted by Crippen LogP contribution is 2.17. The van der Waals surface area contributed by atoms with Crippen molar-refractivity contribution in [3.8, 4) is 0 Å². The van der Waals surface area contributed by atoms with Crippen LogP contribution in [0.4, 0.5) is 0 Å². The summed E-state index contributed by atoms with van der Waals surface area (Å²) >= 11 is 0. The Labute approximate surface area is 152 Å². The molecule has 1 aromatic rings. The molecule has 1 aliphatic carbocycles. The van der Waals surface area contributed by atoms with E-state index in [2.05, 4.69) is 22.4 Å². The maximum absolute atomic E-state index is 12.2. The predicted molar refractivity (Wildman–Crippen MR) is 99.6 cm³/mol. The van der Waals surface area contributed by atoms with Crippen molar-refractivity contribution in [2.75, 3.05) is 0 Å². The number of nitrogens with zero attached hydrogens (tertiary/aromatic N) is 2. The molecule has 0 aliphatic heterocycles. The maximum atomic E-state index is 12.2. The van der Waals surface area contributed by atoms with Crippen LogP contribution in [0.25, 0.3) is 0 Å². The van der Waals surface area contributed by atoms with Gasteiger partial charge in [-0.25, -0.2) is 0 Å². The van der Waals surface area contributed by atoms with E-state index in [0.29, 0.717) is 5.89 Å². The number of unbranched alkanes of at least 4 members (excludes halogenated alkanes) is 8. The number of carbonyl (C=O) groups excluding carboxylic acids is 1. The molecule has 25 heavy (non-hydrogen) atoms. The third kappa shape index (κ3) is 8.02. The van der Waals surface area contributed by atoms with E-state index in [0.717, 1.165) is 25.7 Å². The standard InChI is InChI=1S/C20H35N3O2/c1-2-3-4-5-6-7-8-9-13-16-18-22-19(23-25-18)20(24)21-17-14-11-10-12-15-17/h17H,2-16H2,1H3,(H,21,24). The summed E-state index contributed by atoms with van der Waals surface area (Å²) in [7, 11) is 0. The summed E-state index contributed by atoms with van der Waals surface area (Å²) < 4.78 is 5.23. The second kappa shape index (κ2) is 12.0. The molecule has 1 N–H and O–H groups in total. The second-order valence-corrected chi connectivity index (χ2v) is 7.40. The maximum Gasteiger partial charge on any atom is 0.292 e. The first-order chi connectivity index (χ1) is 12.3. The zero-order chi connectivity index (χ0) is 17.7. The number of carbonyl (C=O) groups is 1. The molecule has 1 amide bonds. The van der Waals surface area contributed by atoms with E-state index in [-0.39, 0.29) is 17.8 Å². The fraction of sp³-hybridized carbons (Fsp3) is 0.850. The summed E-state index contributed by atoms with van der Waals surface area (Å²) in [5.41, 5.74) is 0. The van der Waals surface area contributed by atoms with Gasteiger partial charge in [-0.1, -0.05) is 82.7 Å². The van der Waals surface area contributed by atoms with Crippen molar-refractivity contribution in [2.45, 2.75) is 109 Å². The topological polar surface area (TPSA) is 68.0 Å². The van der Waals surface area contributed by atoms with Crippen molar-refractivity contribution in [2.24, 2.45) is 0 Å². The van der Waals surface area contributed by atoms with Gasteiger partial charge in [0.15, 0.2) is 0 Å². The van der Waals surface area contributed by atoms with Crippen LogP contribution >= 0.6 is 0 Å². The Balaban J connectivity index is 1.55. The molecule has 142 valence electrons. The predicted octanol–water partition coefficient (Wildman–Crippen LogP) is 5.21. The SMILES string of the molecule is CCCCCCCCCCCc1nc(C(=O)NC2CCCCC2)no1. The highest BCUT2D eigenvalue weighted by molar-refractivity contribution is 5.90. The smallest absolute Gasteiger partial charge is 0.292 e. The lowest BCUT2D eigenvalue weighted by atomic mass is 9.95. The van der Waals surface area contributed by atoms with Crippen molar-refractivity contribution in [3.05, 3.63) is 11.7 Å². The molecule has 1 saturated carbocycles. The first-order valence-electron chi connectivity index (χ1n) is 10.4. The van der Waals surface area contributed by atoms with Crippen LogP contribution in [-0.4, -0.2) is 22.1 Å². The van der Waals surface area contributed by atoms with Crippen molar-refractivity contribution >= 4 is 5.91 Å². The highest BCUT2D eigenvalue weighted by Gasteiger charge is 2.20. The molecule has 1 fully saturated rings. The van der Waals surface area contributed by atoms with Gasteiger partial charge in [-0.05, 0) is 19.3 Å². The normalized spacial score (nSPS) is 15.4. The Hall–Kier alpha value is -1.39. The van der Waals surface area contributed by atoms with Crippen LogP contribution in [0.3, 0.4) is 0 Å². The van der Waals surface area contributed by atoms with Crippen molar-refractivity contribution in [3.63, 3.8) is 0 Å². The molecule has 1 aliphatic rings. The Kier molecular flexibility index (Phi) is 9.60. The van der Waals surface area contributed by atoms with Gasteiger partial charge in [-0.15, -0.1) is 0 Å². The van der Waals surface area contributed by atoms with Crippen LogP contribution in [0, 0.1) is 0 Å². The van der Waals surface area contributed by atoms with Gasteiger partial charge < -0.3 is 9.84 Å². The lowest BCUT2D eigenvalue weighted by Crippen LogP contribution is -2.36. The summed E-state index contributed by atoms with van der Waals surface area (Å²) in [5.74, 6) is 0.599. The fourth-order valence-corrected chi connectivity index (χ4v) is 3.53. The van der Waals surface area contributed by atoms with Crippen LogP contribution in [0.2, 0.25) is 0 Å². The molecule has 1 aromatic heterocycles. The Morgan fingerprint density at radius 2 is 1.64 bits per heavy atom. The van der Waals surface area contributed by atoms with E-state index in [1.54, 1.807) is 0 Å². The first-order valence-corrected chi connectivity index (χ1v) is 10.4. The van der Waals surface area contributed by atoms with Gasteiger partial charge >= 0.3 is 0 Å². The molecular formula is C20H35N3O2. The van der Waals surface area contributed by atoms with Gasteiger partial charge in [-0.2, -0.15) is 4.98 Å². The van der Waals surface area contributed by atoms with E-state index in [1.165, 1.54) is 70.6 Å². The molecule has 1 heterocycles.